The van der Waals surface area contributed by atoms with E-state index in [1.165, 1.54) is 18.2 Å². The van der Waals surface area contributed by atoms with Crippen molar-refractivity contribution in [2.45, 2.75) is 10.9 Å². The minimum atomic E-state index is 0.526. The predicted molar refractivity (Wildman–Crippen MR) is 80.1 cm³/mol. The van der Waals surface area contributed by atoms with Gasteiger partial charge in [-0.2, -0.15) is 9.61 Å². The van der Waals surface area contributed by atoms with Gasteiger partial charge in [0.15, 0.2) is 5.65 Å². The number of hydrogen-bond acceptors (Lipinski definition) is 7. The molecule has 0 N–H and O–H groups in total. The minimum Gasteiger partial charge on any atom is -0.427 e. The summed E-state index contributed by atoms with van der Waals surface area (Å²) in [4.78, 5) is 0. The van der Waals surface area contributed by atoms with Crippen LogP contribution < -0.4 is 0 Å². The van der Waals surface area contributed by atoms with Crippen molar-refractivity contribution in [1.82, 2.24) is 30.0 Å². The van der Waals surface area contributed by atoms with E-state index in [0.29, 0.717) is 22.4 Å². The first-order valence-electron chi connectivity index (χ1n) is 6.56. The maximum atomic E-state index is 5.12. The molecule has 0 radical (unpaired) electrons. The molecule has 4 rings (SSSR count). The molecule has 0 saturated heterocycles. The largest absolute Gasteiger partial charge is 0.427 e. The van der Waals surface area contributed by atoms with E-state index < -0.39 is 0 Å². The molecule has 7 nitrogen and oxygen atoms in total. The van der Waals surface area contributed by atoms with Crippen LogP contribution in [0.1, 0.15) is 5.89 Å². The lowest BCUT2D eigenvalue weighted by Crippen LogP contribution is -1.96. The third kappa shape index (κ3) is 2.44. The number of benzene rings is 1. The predicted octanol–water partition coefficient (Wildman–Crippen LogP) is 2.47. The van der Waals surface area contributed by atoms with Crippen LogP contribution in [0.2, 0.25) is 0 Å². The Morgan fingerprint density at radius 1 is 1.00 bits per heavy atom. The Hall–Kier alpha value is -2.74. The maximum absolute atomic E-state index is 5.12. The van der Waals surface area contributed by atoms with Gasteiger partial charge < -0.3 is 4.42 Å². The summed E-state index contributed by atoms with van der Waals surface area (Å²) < 4.78 is 6.84. The van der Waals surface area contributed by atoms with E-state index in [0.717, 1.165) is 11.3 Å². The Morgan fingerprint density at radius 3 is 2.73 bits per heavy atom. The van der Waals surface area contributed by atoms with Crippen molar-refractivity contribution >= 4 is 17.4 Å². The first-order chi connectivity index (χ1) is 10.9. The Bertz CT molecular complexity index is 890. The lowest BCUT2D eigenvalue weighted by molar-refractivity contribution is 0.514. The lowest BCUT2D eigenvalue weighted by Gasteiger charge is -2.02. The number of aromatic nitrogens is 6. The molecule has 0 aliphatic rings. The highest BCUT2D eigenvalue weighted by Crippen LogP contribution is 2.22. The van der Waals surface area contributed by atoms with Crippen LogP contribution in [-0.2, 0) is 5.75 Å². The molecule has 0 amide bonds. The Morgan fingerprint density at radius 2 is 1.91 bits per heavy atom. The van der Waals surface area contributed by atoms with E-state index in [2.05, 4.69) is 25.5 Å². The lowest BCUT2D eigenvalue weighted by atomic mass is 10.1. The molecule has 4 aromatic rings. The third-order valence-electron chi connectivity index (χ3n) is 3.03. The number of thioether (sulfide) groups is 1. The van der Waals surface area contributed by atoms with Crippen LogP contribution in [0, 0.1) is 0 Å². The van der Waals surface area contributed by atoms with Gasteiger partial charge in [0.05, 0.1) is 11.4 Å². The third-order valence-corrected chi connectivity index (χ3v) is 3.94. The molecule has 22 heavy (non-hydrogen) atoms. The average molecular weight is 310 g/mol. The Kier molecular flexibility index (Phi) is 3.28. The summed E-state index contributed by atoms with van der Waals surface area (Å²) in [7, 11) is 0. The monoisotopic (exact) mass is 310 g/mol. The molecule has 8 heteroatoms. The maximum Gasteiger partial charge on any atom is 0.226 e. The van der Waals surface area contributed by atoms with E-state index in [1.807, 2.05) is 42.5 Å². The average Bonchev–Trinajstić information content (AvgIpc) is 3.23. The zero-order valence-corrected chi connectivity index (χ0v) is 12.1. The molecule has 0 aliphatic heterocycles. The molecular weight excluding hydrogens is 300 g/mol. The van der Waals surface area contributed by atoms with Crippen molar-refractivity contribution in [3.8, 4) is 11.3 Å². The molecule has 0 aliphatic carbocycles. The van der Waals surface area contributed by atoms with Gasteiger partial charge in [-0.3, -0.25) is 0 Å². The summed E-state index contributed by atoms with van der Waals surface area (Å²) in [5.41, 5.74) is 2.62. The van der Waals surface area contributed by atoms with Gasteiger partial charge in [0.2, 0.25) is 17.4 Å². The number of hydrogen-bond donors (Lipinski definition) is 0. The van der Waals surface area contributed by atoms with Crippen molar-refractivity contribution in [3.63, 3.8) is 0 Å². The summed E-state index contributed by atoms with van der Waals surface area (Å²) in [5, 5.41) is 21.1. The quantitative estimate of drug-likeness (QED) is 0.535. The van der Waals surface area contributed by atoms with Crippen molar-refractivity contribution in [1.29, 1.82) is 0 Å². The second kappa shape index (κ2) is 5.57. The summed E-state index contributed by atoms with van der Waals surface area (Å²) >= 11 is 1.45. The Labute approximate surface area is 129 Å². The van der Waals surface area contributed by atoms with Crippen LogP contribution in [0.5, 0.6) is 0 Å². The van der Waals surface area contributed by atoms with Crippen molar-refractivity contribution in [2.24, 2.45) is 0 Å². The van der Waals surface area contributed by atoms with E-state index in [1.54, 1.807) is 4.52 Å². The highest BCUT2D eigenvalue weighted by molar-refractivity contribution is 7.98. The number of rotatable bonds is 4. The van der Waals surface area contributed by atoms with E-state index in [-0.39, 0.29) is 0 Å². The fourth-order valence-corrected chi connectivity index (χ4v) is 2.74. The highest BCUT2D eigenvalue weighted by atomic mass is 32.2. The smallest absolute Gasteiger partial charge is 0.226 e. The minimum absolute atomic E-state index is 0.526. The molecule has 3 aromatic heterocycles. The van der Waals surface area contributed by atoms with Crippen LogP contribution in [-0.4, -0.2) is 30.0 Å². The molecule has 1 aromatic carbocycles. The highest BCUT2D eigenvalue weighted by Gasteiger charge is 2.10. The van der Waals surface area contributed by atoms with Gasteiger partial charge >= 0.3 is 0 Å². The van der Waals surface area contributed by atoms with Gasteiger partial charge in [0.1, 0.15) is 0 Å². The zero-order chi connectivity index (χ0) is 14.8. The molecule has 0 atom stereocenters. The van der Waals surface area contributed by atoms with Gasteiger partial charge in [-0.05, 0) is 12.1 Å². The molecule has 108 valence electrons. The topological polar surface area (TPSA) is 82.0 Å². The summed E-state index contributed by atoms with van der Waals surface area (Å²) in [5.74, 6) is 1.07. The van der Waals surface area contributed by atoms with E-state index in [9.17, 15) is 0 Å². The molecule has 0 unspecified atom stereocenters. The van der Waals surface area contributed by atoms with Crippen molar-refractivity contribution < 1.29 is 4.42 Å². The van der Waals surface area contributed by atoms with Gasteiger partial charge in [0.25, 0.3) is 0 Å². The number of nitrogens with zero attached hydrogens (tertiary/aromatic N) is 6. The molecule has 0 saturated carbocycles. The molecule has 0 fully saturated rings. The van der Waals surface area contributed by atoms with Gasteiger partial charge in [-0.25, -0.2) is 0 Å². The van der Waals surface area contributed by atoms with Crippen LogP contribution >= 0.6 is 11.8 Å². The molecule has 3 heterocycles. The van der Waals surface area contributed by atoms with Crippen LogP contribution in [0.3, 0.4) is 0 Å². The van der Waals surface area contributed by atoms with Crippen molar-refractivity contribution in [3.05, 3.63) is 54.7 Å². The SMILES string of the molecule is c1ccc(-c2ccc3nnc(SCc4nnco4)n3n2)cc1. The standard InChI is InChI=1S/C14H10N6OS/c1-2-4-10(5-3-1)11-6-7-12-16-18-14(20(12)19-11)22-8-13-17-15-9-21-13/h1-7,9H,8H2. The zero-order valence-electron chi connectivity index (χ0n) is 11.3. The first kappa shape index (κ1) is 13.0. The van der Waals surface area contributed by atoms with Gasteiger partial charge in [-0.1, -0.05) is 42.1 Å². The van der Waals surface area contributed by atoms with E-state index in [4.69, 9.17) is 4.42 Å². The second-order valence-electron chi connectivity index (χ2n) is 4.46. The molecule has 0 bridgehead atoms. The van der Waals surface area contributed by atoms with Crippen LogP contribution in [0.15, 0.2) is 58.4 Å². The normalized spacial score (nSPS) is 11.1. The van der Waals surface area contributed by atoms with Crippen LogP contribution in [0.25, 0.3) is 16.9 Å². The van der Waals surface area contributed by atoms with Gasteiger partial charge in [-0.15, -0.1) is 20.4 Å². The summed E-state index contributed by atoms with van der Waals surface area (Å²) in [6.07, 6.45) is 1.31. The van der Waals surface area contributed by atoms with E-state index >= 15 is 0 Å². The van der Waals surface area contributed by atoms with Crippen LogP contribution in [0.4, 0.5) is 0 Å². The molecular formula is C14H10N6OS. The Balaban J connectivity index is 1.67. The second-order valence-corrected chi connectivity index (χ2v) is 5.40. The van der Waals surface area contributed by atoms with Crippen molar-refractivity contribution in [2.75, 3.05) is 0 Å². The van der Waals surface area contributed by atoms with Gasteiger partial charge in [0, 0.05) is 5.56 Å². The fourth-order valence-electron chi connectivity index (χ4n) is 2.01. The number of fused-ring (bicyclic) bond motifs is 1. The fraction of sp³-hybridized carbons (Fsp3) is 0.0714. The first-order valence-corrected chi connectivity index (χ1v) is 7.54. The summed E-state index contributed by atoms with van der Waals surface area (Å²) in [6.45, 7) is 0. The summed E-state index contributed by atoms with van der Waals surface area (Å²) in [6, 6.07) is 13.8. The molecule has 0 spiro atoms.